The van der Waals surface area contributed by atoms with Crippen molar-refractivity contribution in [2.24, 2.45) is 15.5 Å². The number of anilines is 1. The average Bonchev–Trinajstić information content (AvgIpc) is 3.31. The van der Waals surface area contributed by atoms with Crippen LogP contribution in [0.2, 0.25) is 0 Å². The van der Waals surface area contributed by atoms with Gasteiger partial charge in [0.2, 0.25) is 5.82 Å². The number of likely N-dealkylation sites (N-methyl/N-ethyl adjacent to an activating group) is 1. The molecule has 35 heavy (non-hydrogen) atoms. The Morgan fingerprint density at radius 1 is 1.29 bits per heavy atom. The quantitative estimate of drug-likeness (QED) is 0.642. The van der Waals surface area contributed by atoms with Crippen molar-refractivity contribution in [1.82, 2.24) is 20.2 Å². The number of aliphatic imine (C=N–C) groups is 1. The Hall–Kier alpha value is -2.58. The monoisotopic (exact) mass is 479 g/mol. The van der Waals surface area contributed by atoms with Gasteiger partial charge < -0.3 is 15.3 Å². The van der Waals surface area contributed by atoms with E-state index in [4.69, 9.17) is 15.1 Å². The third kappa shape index (κ3) is 4.66. The van der Waals surface area contributed by atoms with E-state index in [0.717, 1.165) is 41.5 Å². The normalized spacial score (nSPS) is 21.2. The SMILES string of the molecule is CNCC(C)c1nc2n(n1)N=C(C(C)(C)C)/C2=N/c1cc2c(cc1C)N(CCO)C(C)(C)CC2C. The second-order valence-corrected chi connectivity index (χ2v) is 11.8. The maximum atomic E-state index is 9.73. The van der Waals surface area contributed by atoms with Crippen molar-refractivity contribution in [3.63, 3.8) is 0 Å². The zero-order valence-electron chi connectivity index (χ0n) is 22.8. The van der Waals surface area contributed by atoms with E-state index in [1.807, 2.05) is 7.05 Å². The van der Waals surface area contributed by atoms with Gasteiger partial charge in [-0.05, 0) is 63.4 Å². The molecule has 2 aromatic rings. The van der Waals surface area contributed by atoms with Crippen molar-refractivity contribution < 1.29 is 5.11 Å². The molecular weight excluding hydrogens is 438 g/mol. The molecule has 0 fully saturated rings. The van der Waals surface area contributed by atoms with E-state index < -0.39 is 0 Å². The molecule has 0 spiro atoms. The van der Waals surface area contributed by atoms with E-state index in [2.05, 4.69) is 82.8 Å². The lowest BCUT2D eigenvalue weighted by atomic mass is 9.79. The zero-order chi connectivity index (χ0) is 25.7. The summed E-state index contributed by atoms with van der Waals surface area (Å²) in [7, 11) is 1.94. The number of aliphatic hydroxyl groups excluding tert-OH is 1. The van der Waals surface area contributed by atoms with Crippen LogP contribution in [0.25, 0.3) is 0 Å². The van der Waals surface area contributed by atoms with Crippen LogP contribution in [0.1, 0.15) is 89.5 Å². The third-order valence-corrected chi connectivity index (χ3v) is 7.16. The highest BCUT2D eigenvalue weighted by molar-refractivity contribution is 6.50. The smallest absolute Gasteiger partial charge is 0.204 e. The Kier molecular flexibility index (Phi) is 6.66. The van der Waals surface area contributed by atoms with Crippen LogP contribution >= 0.6 is 0 Å². The summed E-state index contributed by atoms with van der Waals surface area (Å²) in [6.45, 7) is 19.0. The van der Waals surface area contributed by atoms with Gasteiger partial charge in [-0.2, -0.15) is 5.10 Å². The van der Waals surface area contributed by atoms with Gasteiger partial charge in [0.15, 0.2) is 5.82 Å². The van der Waals surface area contributed by atoms with E-state index in [1.165, 1.54) is 11.3 Å². The van der Waals surface area contributed by atoms with E-state index in [1.54, 1.807) is 4.79 Å². The molecule has 0 aliphatic carbocycles. The van der Waals surface area contributed by atoms with Crippen LogP contribution in [0, 0.1) is 12.3 Å². The first-order chi connectivity index (χ1) is 16.4. The van der Waals surface area contributed by atoms with Gasteiger partial charge in [0.25, 0.3) is 0 Å². The lowest BCUT2D eigenvalue weighted by Crippen LogP contribution is -2.49. The number of fused-ring (bicyclic) bond motifs is 2. The van der Waals surface area contributed by atoms with Gasteiger partial charge >= 0.3 is 0 Å². The number of aliphatic hydroxyl groups is 1. The summed E-state index contributed by atoms with van der Waals surface area (Å²) in [5, 5.41) is 22.4. The molecule has 0 radical (unpaired) electrons. The van der Waals surface area contributed by atoms with Crippen LogP contribution in [-0.2, 0) is 0 Å². The van der Waals surface area contributed by atoms with Crippen molar-refractivity contribution in [3.05, 3.63) is 34.9 Å². The summed E-state index contributed by atoms with van der Waals surface area (Å²) in [5.41, 5.74) is 6.00. The van der Waals surface area contributed by atoms with E-state index >= 15 is 0 Å². The van der Waals surface area contributed by atoms with Crippen LogP contribution in [0.15, 0.2) is 22.2 Å². The molecule has 2 N–H and O–H groups in total. The Balaban J connectivity index is 1.83. The van der Waals surface area contributed by atoms with Crippen LogP contribution in [0.4, 0.5) is 11.4 Å². The van der Waals surface area contributed by atoms with Gasteiger partial charge in [-0.1, -0.05) is 34.6 Å². The summed E-state index contributed by atoms with van der Waals surface area (Å²) in [4.78, 5) is 14.1. The first kappa shape index (κ1) is 25.5. The zero-order valence-corrected chi connectivity index (χ0v) is 22.8. The van der Waals surface area contributed by atoms with Crippen LogP contribution in [-0.4, -0.2) is 63.7 Å². The minimum atomic E-state index is -0.199. The molecule has 1 aromatic carbocycles. The first-order valence-corrected chi connectivity index (χ1v) is 12.7. The predicted molar refractivity (Wildman–Crippen MR) is 144 cm³/mol. The van der Waals surface area contributed by atoms with Crippen molar-refractivity contribution in [2.45, 2.75) is 79.2 Å². The number of rotatable bonds is 6. The summed E-state index contributed by atoms with van der Waals surface area (Å²) in [5.74, 6) is 2.06. The molecule has 3 heterocycles. The van der Waals surface area contributed by atoms with Crippen LogP contribution in [0.5, 0.6) is 0 Å². The molecule has 0 amide bonds. The second kappa shape index (κ2) is 9.13. The molecular formula is C27H41N7O. The van der Waals surface area contributed by atoms with Crippen molar-refractivity contribution in [1.29, 1.82) is 0 Å². The van der Waals surface area contributed by atoms with E-state index in [0.29, 0.717) is 18.3 Å². The highest BCUT2D eigenvalue weighted by Crippen LogP contribution is 2.45. The van der Waals surface area contributed by atoms with Crippen molar-refractivity contribution in [3.8, 4) is 0 Å². The number of nitrogens with one attached hydrogen (secondary N) is 1. The Bertz CT molecular complexity index is 1170. The maximum absolute atomic E-state index is 9.73. The van der Waals surface area contributed by atoms with Gasteiger partial charge in [-0.3, -0.25) is 0 Å². The molecule has 8 nitrogen and oxygen atoms in total. The number of benzene rings is 1. The fourth-order valence-electron chi connectivity index (χ4n) is 5.39. The molecule has 8 heteroatoms. The molecule has 2 aliphatic rings. The number of aromatic nitrogens is 3. The Labute approximate surface area is 209 Å². The summed E-state index contributed by atoms with van der Waals surface area (Å²) >= 11 is 0. The largest absolute Gasteiger partial charge is 0.395 e. The Morgan fingerprint density at radius 3 is 2.63 bits per heavy atom. The van der Waals surface area contributed by atoms with Crippen molar-refractivity contribution in [2.75, 3.05) is 31.6 Å². The number of hydrogen-bond donors (Lipinski definition) is 2. The van der Waals surface area contributed by atoms with Gasteiger partial charge in [-0.15, -0.1) is 9.89 Å². The molecule has 0 bridgehead atoms. The van der Waals surface area contributed by atoms with E-state index in [9.17, 15) is 5.11 Å². The molecule has 4 rings (SSSR count). The average molecular weight is 480 g/mol. The first-order valence-electron chi connectivity index (χ1n) is 12.7. The molecule has 2 unspecified atom stereocenters. The molecule has 0 saturated carbocycles. The molecule has 190 valence electrons. The highest BCUT2D eigenvalue weighted by atomic mass is 16.3. The number of β-amino-alcohol motifs (C(OH)–C–C–N with tert-alkyl or cyclic N) is 1. The summed E-state index contributed by atoms with van der Waals surface area (Å²) in [6.07, 6.45) is 1.02. The van der Waals surface area contributed by atoms with Crippen LogP contribution < -0.4 is 10.2 Å². The molecule has 2 atom stereocenters. The number of nitrogens with zero attached hydrogens (tertiary/aromatic N) is 6. The minimum Gasteiger partial charge on any atom is -0.395 e. The standard InChI is InChI=1S/C27H41N7O/c1-16-12-21-19(17(2)14-27(7,8)33(21)10-11-35)13-20(16)29-22-23(26(4,5)6)31-34-25(22)30-24(32-34)18(3)15-28-9/h12-13,17-18,28,35H,10-11,14-15H2,1-9H3/b29-22-. The topological polar surface area (TPSA) is 90.9 Å². The number of hydrogen-bond acceptors (Lipinski definition) is 7. The van der Waals surface area contributed by atoms with Gasteiger partial charge in [-0.25, -0.2) is 9.98 Å². The van der Waals surface area contributed by atoms with Gasteiger partial charge in [0.05, 0.1) is 18.0 Å². The Morgan fingerprint density at radius 2 is 2.00 bits per heavy atom. The van der Waals surface area contributed by atoms with Gasteiger partial charge in [0.1, 0.15) is 5.71 Å². The fourth-order valence-corrected chi connectivity index (χ4v) is 5.39. The van der Waals surface area contributed by atoms with Crippen molar-refractivity contribution >= 4 is 22.8 Å². The lowest BCUT2D eigenvalue weighted by molar-refractivity contribution is 0.277. The lowest BCUT2D eigenvalue weighted by Gasteiger charge is -2.47. The maximum Gasteiger partial charge on any atom is 0.204 e. The molecule has 0 saturated heterocycles. The highest BCUT2D eigenvalue weighted by Gasteiger charge is 2.38. The molecule has 1 aromatic heterocycles. The fraction of sp³-hybridized carbons (Fsp3) is 0.630. The predicted octanol–water partition coefficient (Wildman–Crippen LogP) is 4.38. The molecule has 2 aliphatic heterocycles. The third-order valence-electron chi connectivity index (χ3n) is 7.16. The van der Waals surface area contributed by atoms with Crippen LogP contribution in [0.3, 0.4) is 0 Å². The van der Waals surface area contributed by atoms with E-state index in [-0.39, 0.29) is 23.5 Å². The number of aryl methyl sites for hydroxylation is 1. The van der Waals surface area contributed by atoms with Gasteiger partial charge in [0, 0.05) is 35.6 Å². The summed E-state index contributed by atoms with van der Waals surface area (Å²) in [6, 6.07) is 4.46. The second-order valence-electron chi connectivity index (χ2n) is 11.8. The summed E-state index contributed by atoms with van der Waals surface area (Å²) < 4.78 is 0. The minimum absolute atomic E-state index is 0.0105.